The molecule has 1 spiro atoms. The van der Waals surface area contributed by atoms with Crippen LogP contribution in [-0.2, 0) is 5.54 Å². The van der Waals surface area contributed by atoms with Crippen LogP contribution in [0.15, 0.2) is 47.1 Å². The summed E-state index contributed by atoms with van der Waals surface area (Å²) < 4.78 is 3.38. The number of hydrogen-bond acceptors (Lipinski definition) is 2. The van der Waals surface area contributed by atoms with Gasteiger partial charge in [-0.25, -0.2) is 4.98 Å². The standard InChI is InChI=1S/C20H20BrN3/c1-13-8-10-20(11-9-13)19-18(15-4-2-3-5-16(15)23-20)22-17-7-6-14(21)12-24(17)19/h2-7,12-13,23H,8-11H2,1H3. The molecule has 1 aliphatic heterocycles. The van der Waals surface area contributed by atoms with Crippen molar-refractivity contribution in [2.24, 2.45) is 5.92 Å². The van der Waals surface area contributed by atoms with Gasteiger partial charge >= 0.3 is 0 Å². The van der Waals surface area contributed by atoms with E-state index in [0.29, 0.717) is 0 Å². The topological polar surface area (TPSA) is 29.3 Å². The second-order valence-electron chi connectivity index (χ2n) is 7.32. The van der Waals surface area contributed by atoms with Crippen LogP contribution >= 0.6 is 15.9 Å². The summed E-state index contributed by atoms with van der Waals surface area (Å²) in [4.78, 5) is 5.01. The van der Waals surface area contributed by atoms with E-state index in [1.807, 2.05) is 0 Å². The van der Waals surface area contributed by atoms with E-state index < -0.39 is 0 Å². The van der Waals surface area contributed by atoms with E-state index >= 15 is 0 Å². The number of anilines is 1. The van der Waals surface area contributed by atoms with Crippen molar-refractivity contribution in [1.29, 1.82) is 0 Å². The molecule has 1 aromatic carbocycles. The van der Waals surface area contributed by atoms with Gasteiger partial charge in [-0.1, -0.05) is 25.1 Å². The van der Waals surface area contributed by atoms with Crippen molar-refractivity contribution in [2.75, 3.05) is 5.32 Å². The lowest BCUT2D eigenvalue weighted by Gasteiger charge is -2.44. The number of hydrogen-bond donors (Lipinski definition) is 1. The van der Waals surface area contributed by atoms with Gasteiger partial charge in [0.15, 0.2) is 0 Å². The molecule has 2 aromatic heterocycles. The Bertz CT molecular complexity index is 935. The molecule has 0 atom stereocenters. The molecule has 3 heterocycles. The van der Waals surface area contributed by atoms with E-state index in [-0.39, 0.29) is 5.54 Å². The predicted octanol–water partition coefficient (Wildman–Crippen LogP) is 5.59. The van der Waals surface area contributed by atoms with Crippen LogP contribution in [0, 0.1) is 5.92 Å². The van der Waals surface area contributed by atoms with Crippen molar-refractivity contribution in [3.63, 3.8) is 0 Å². The molecule has 3 aromatic rings. The third-order valence-electron chi connectivity index (χ3n) is 5.72. The van der Waals surface area contributed by atoms with E-state index in [1.54, 1.807) is 0 Å². The molecule has 1 N–H and O–H groups in total. The summed E-state index contributed by atoms with van der Waals surface area (Å²) >= 11 is 3.63. The molecule has 0 unspecified atom stereocenters. The summed E-state index contributed by atoms with van der Waals surface area (Å²) in [6, 6.07) is 12.8. The van der Waals surface area contributed by atoms with E-state index in [0.717, 1.165) is 34.6 Å². The molecule has 0 radical (unpaired) electrons. The highest BCUT2D eigenvalue weighted by Gasteiger charge is 2.43. The second kappa shape index (κ2) is 5.09. The Labute approximate surface area is 150 Å². The molecule has 4 heteroatoms. The van der Waals surface area contributed by atoms with Crippen LogP contribution in [0.2, 0.25) is 0 Å². The number of pyridine rings is 1. The summed E-state index contributed by atoms with van der Waals surface area (Å²) in [7, 11) is 0. The number of benzene rings is 1. The maximum Gasteiger partial charge on any atom is 0.137 e. The van der Waals surface area contributed by atoms with Gasteiger partial charge in [-0.15, -0.1) is 0 Å². The van der Waals surface area contributed by atoms with Gasteiger partial charge in [0, 0.05) is 21.9 Å². The van der Waals surface area contributed by atoms with Gasteiger partial charge in [0.1, 0.15) is 5.65 Å². The van der Waals surface area contributed by atoms with Gasteiger partial charge < -0.3 is 5.32 Å². The quantitative estimate of drug-likeness (QED) is 0.549. The lowest BCUT2D eigenvalue weighted by molar-refractivity contribution is 0.262. The van der Waals surface area contributed by atoms with Crippen LogP contribution in [0.3, 0.4) is 0 Å². The normalized spacial score (nSPS) is 25.3. The molecule has 1 fully saturated rings. The van der Waals surface area contributed by atoms with Crippen LogP contribution < -0.4 is 5.32 Å². The molecular formula is C20H20BrN3. The van der Waals surface area contributed by atoms with Gasteiger partial charge in [-0.05, 0) is 65.7 Å². The third kappa shape index (κ3) is 1.99. The highest BCUT2D eigenvalue weighted by atomic mass is 79.9. The molecule has 122 valence electrons. The Morgan fingerprint density at radius 2 is 1.96 bits per heavy atom. The van der Waals surface area contributed by atoms with Gasteiger partial charge in [0.2, 0.25) is 0 Å². The summed E-state index contributed by atoms with van der Waals surface area (Å²) in [5.74, 6) is 0.809. The lowest BCUT2D eigenvalue weighted by atomic mass is 9.72. The highest BCUT2D eigenvalue weighted by molar-refractivity contribution is 9.10. The molecule has 24 heavy (non-hydrogen) atoms. The molecule has 0 bridgehead atoms. The molecule has 0 saturated heterocycles. The lowest BCUT2D eigenvalue weighted by Crippen LogP contribution is -2.42. The van der Waals surface area contributed by atoms with Crippen molar-refractivity contribution >= 4 is 27.3 Å². The summed E-state index contributed by atoms with van der Waals surface area (Å²) in [5.41, 5.74) is 5.95. The van der Waals surface area contributed by atoms with Crippen molar-refractivity contribution in [1.82, 2.24) is 9.38 Å². The first kappa shape index (κ1) is 14.5. The Balaban J connectivity index is 1.82. The molecule has 5 rings (SSSR count). The number of halogens is 1. The minimum atomic E-state index is -0.00356. The molecule has 0 amide bonds. The van der Waals surface area contributed by atoms with Crippen LogP contribution in [0.4, 0.5) is 5.69 Å². The van der Waals surface area contributed by atoms with Crippen LogP contribution in [0.25, 0.3) is 16.9 Å². The fourth-order valence-corrected chi connectivity index (χ4v) is 4.73. The highest BCUT2D eigenvalue weighted by Crippen LogP contribution is 2.50. The number of fused-ring (bicyclic) bond motifs is 6. The number of nitrogens with zero attached hydrogens (tertiary/aromatic N) is 2. The van der Waals surface area contributed by atoms with Crippen molar-refractivity contribution < 1.29 is 0 Å². The fraction of sp³-hybridized carbons (Fsp3) is 0.350. The zero-order valence-electron chi connectivity index (χ0n) is 13.7. The molecule has 1 saturated carbocycles. The SMILES string of the molecule is CC1CCC2(CC1)Nc1ccccc1-c1nc3ccc(Br)cn3c12. The van der Waals surface area contributed by atoms with Crippen molar-refractivity contribution in [3.8, 4) is 11.3 Å². The average molecular weight is 382 g/mol. The molecular weight excluding hydrogens is 362 g/mol. The monoisotopic (exact) mass is 381 g/mol. The zero-order valence-corrected chi connectivity index (χ0v) is 15.3. The smallest absolute Gasteiger partial charge is 0.137 e. The Morgan fingerprint density at radius 1 is 1.17 bits per heavy atom. The van der Waals surface area contributed by atoms with E-state index in [1.165, 1.54) is 29.8 Å². The first-order chi connectivity index (χ1) is 11.7. The first-order valence-electron chi connectivity index (χ1n) is 8.72. The van der Waals surface area contributed by atoms with Crippen LogP contribution in [0.1, 0.15) is 38.3 Å². The molecule has 2 aliphatic rings. The fourth-order valence-electron chi connectivity index (χ4n) is 4.40. The van der Waals surface area contributed by atoms with Gasteiger partial charge in [-0.2, -0.15) is 0 Å². The van der Waals surface area contributed by atoms with Crippen LogP contribution in [-0.4, -0.2) is 9.38 Å². The maximum absolute atomic E-state index is 5.01. The number of nitrogens with one attached hydrogen (secondary N) is 1. The molecule has 1 aliphatic carbocycles. The first-order valence-corrected chi connectivity index (χ1v) is 9.51. The van der Waals surface area contributed by atoms with Crippen LogP contribution in [0.5, 0.6) is 0 Å². The third-order valence-corrected chi connectivity index (χ3v) is 6.19. The predicted molar refractivity (Wildman–Crippen MR) is 101 cm³/mol. The van der Waals surface area contributed by atoms with E-state index in [2.05, 4.69) is 75.2 Å². The Hall–Kier alpha value is -1.81. The van der Waals surface area contributed by atoms with Gasteiger partial charge in [-0.3, -0.25) is 4.40 Å². The average Bonchev–Trinajstić information content (AvgIpc) is 2.97. The number of aromatic nitrogens is 2. The number of rotatable bonds is 0. The molecule has 3 nitrogen and oxygen atoms in total. The Morgan fingerprint density at radius 3 is 2.79 bits per heavy atom. The Kier molecular flexibility index (Phi) is 3.08. The largest absolute Gasteiger partial charge is 0.373 e. The minimum absolute atomic E-state index is 0.00356. The van der Waals surface area contributed by atoms with Crippen molar-refractivity contribution in [2.45, 2.75) is 38.1 Å². The summed E-state index contributed by atoms with van der Waals surface area (Å²) in [5, 5.41) is 3.91. The summed E-state index contributed by atoms with van der Waals surface area (Å²) in [6.07, 6.45) is 7.01. The zero-order chi connectivity index (χ0) is 16.3. The maximum atomic E-state index is 5.01. The van der Waals surface area contributed by atoms with Gasteiger partial charge in [0.05, 0.1) is 16.9 Å². The van der Waals surface area contributed by atoms with Gasteiger partial charge in [0.25, 0.3) is 0 Å². The van der Waals surface area contributed by atoms with E-state index in [4.69, 9.17) is 4.98 Å². The second-order valence-corrected chi connectivity index (χ2v) is 8.24. The summed E-state index contributed by atoms with van der Waals surface area (Å²) in [6.45, 7) is 2.37. The number of imidazole rings is 1. The van der Waals surface area contributed by atoms with Crippen molar-refractivity contribution in [3.05, 3.63) is 52.8 Å². The van der Waals surface area contributed by atoms with E-state index in [9.17, 15) is 0 Å². The minimum Gasteiger partial charge on any atom is -0.373 e. The number of para-hydroxylation sites is 1.